The molecule has 0 bridgehead atoms. The molecule has 0 saturated heterocycles. The number of nitrogens with one attached hydrogen (secondary N) is 1. The number of carbonyl (C=O) groups excluding carboxylic acids is 1. The van der Waals surface area contributed by atoms with Gasteiger partial charge in [-0.2, -0.15) is 0 Å². The lowest BCUT2D eigenvalue weighted by Crippen LogP contribution is -2.43. The van der Waals surface area contributed by atoms with Crippen molar-refractivity contribution in [1.29, 1.82) is 0 Å². The summed E-state index contributed by atoms with van der Waals surface area (Å²) < 4.78 is 21.4. The second-order valence-electron chi connectivity index (χ2n) is 7.86. The Hall–Kier alpha value is -4.61. The van der Waals surface area contributed by atoms with Gasteiger partial charge in [0.2, 0.25) is 12.0 Å². The van der Waals surface area contributed by atoms with Crippen molar-refractivity contribution >= 4 is 28.7 Å². The van der Waals surface area contributed by atoms with E-state index in [1.807, 2.05) is 0 Å². The third-order valence-corrected chi connectivity index (χ3v) is 5.79. The first kappa shape index (κ1) is 24.5. The number of carbonyl (C=O) groups is 1. The number of nitro benzene ring substituents is 1. The molecule has 2 aromatic rings. The number of hydrogen-bond donors (Lipinski definition) is 1. The predicted molar refractivity (Wildman–Crippen MR) is 132 cm³/mol. The molecule has 0 aliphatic carbocycles. The van der Waals surface area contributed by atoms with Crippen LogP contribution in [0.15, 0.2) is 45.9 Å². The van der Waals surface area contributed by atoms with Crippen LogP contribution in [0.25, 0.3) is 5.70 Å². The van der Waals surface area contributed by atoms with Gasteiger partial charge in [-0.05, 0) is 38.1 Å². The van der Waals surface area contributed by atoms with Gasteiger partial charge in [-0.1, -0.05) is 0 Å². The number of nitrogens with zero attached hydrogens (tertiary/aromatic N) is 4. The van der Waals surface area contributed by atoms with Gasteiger partial charge in [0.15, 0.2) is 28.9 Å². The Morgan fingerprint density at radius 1 is 0.972 bits per heavy atom. The molecule has 0 spiro atoms. The van der Waals surface area contributed by atoms with Crippen molar-refractivity contribution in [3.63, 3.8) is 0 Å². The number of Topliss-reactive ketones (excluding diaryl/α,β-unsaturated/α-hetero) is 1. The molecule has 1 unspecified atom stereocenters. The summed E-state index contributed by atoms with van der Waals surface area (Å²) in [6, 6.07) is 7.97. The van der Waals surface area contributed by atoms with E-state index < -0.39 is 11.2 Å². The van der Waals surface area contributed by atoms with Crippen LogP contribution in [0.2, 0.25) is 0 Å². The number of allylic oxidation sites excluding steroid dienone is 1. The molecule has 1 N–H and O–H groups in total. The Bertz CT molecular complexity index is 1320. The van der Waals surface area contributed by atoms with E-state index >= 15 is 0 Å². The van der Waals surface area contributed by atoms with Crippen LogP contribution in [0, 0.1) is 10.1 Å². The molecule has 2 aliphatic heterocycles. The molecule has 12 nitrogen and oxygen atoms in total. The van der Waals surface area contributed by atoms with Crippen molar-refractivity contribution in [3.05, 3.63) is 57.1 Å². The van der Waals surface area contributed by atoms with E-state index in [0.717, 1.165) is 0 Å². The van der Waals surface area contributed by atoms with Crippen LogP contribution in [-0.2, 0) is 4.79 Å². The highest BCUT2D eigenvalue weighted by atomic mass is 16.6. The lowest BCUT2D eigenvalue weighted by Gasteiger charge is -2.31. The third kappa shape index (κ3) is 4.06. The molecular weight excluding hydrogens is 470 g/mol. The van der Waals surface area contributed by atoms with Gasteiger partial charge in [0.05, 0.1) is 44.6 Å². The summed E-state index contributed by atoms with van der Waals surface area (Å²) in [5.74, 6) is 1.60. The van der Waals surface area contributed by atoms with Crippen LogP contribution in [0.4, 0.5) is 5.69 Å². The van der Waals surface area contributed by atoms with Crippen LogP contribution in [-0.4, -0.2) is 62.0 Å². The van der Waals surface area contributed by atoms with Crippen LogP contribution in [0.5, 0.6) is 23.0 Å². The van der Waals surface area contributed by atoms with Gasteiger partial charge in [0, 0.05) is 22.9 Å². The first-order chi connectivity index (χ1) is 17.2. The molecule has 4 rings (SSSR count). The van der Waals surface area contributed by atoms with Crippen molar-refractivity contribution in [2.24, 2.45) is 9.98 Å². The first-order valence-electron chi connectivity index (χ1n) is 10.8. The summed E-state index contributed by atoms with van der Waals surface area (Å²) in [4.78, 5) is 33.1. The number of fused-ring (bicyclic) bond motifs is 1. The Morgan fingerprint density at radius 3 is 2.14 bits per heavy atom. The molecule has 0 fully saturated rings. The normalized spacial score (nSPS) is 16.5. The maximum atomic E-state index is 12.7. The van der Waals surface area contributed by atoms with Gasteiger partial charge in [0.25, 0.3) is 0 Å². The minimum absolute atomic E-state index is 0.107. The van der Waals surface area contributed by atoms with E-state index in [1.54, 1.807) is 30.1 Å². The molecule has 188 valence electrons. The Balaban J connectivity index is 1.84. The van der Waals surface area contributed by atoms with Crippen LogP contribution < -0.4 is 24.4 Å². The molecule has 0 amide bonds. The molecule has 2 aliphatic rings. The van der Waals surface area contributed by atoms with Gasteiger partial charge in [0.1, 0.15) is 0 Å². The number of hydrogen-bond acceptors (Lipinski definition) is 11. The monoisotopic (exact) mass is 495 g/mol. The Kier molecular flexibility index (Phi) is 6.51. The van der Waals surface area contributed by atoms with Gasteiger partial charge < -0.3 is 18.9 Å². The molecule has 12 heteroatoms. The first-order valence-corrected chi connectivity index (χ1v) is 10.8. The van der Waals surface area contributed by atoms with Gasteiger partial charge in [-0.15, -0.1) is 0 Å². The summed E-state index contributed by atoms with van der Waals surface area (Å²) in [5.41, 5.74) is 5.22. The number of ketones is 1. The second-order valence-corrected chi connectivity index (χ2v) is 7.86. The summed E-state index contributed by atoms with van der Waals surface area (Å²) in [5, 5.41) is 13.3. The highest BCUT2D eigenvalue weighted by molar-refractivity contribution is 6.26. The third-order valence-electron chi connectivity index (χ3n) is 5.79. The molecular formula is C24H25N5O7. The number of aliphatic imine (C=N–C) groups is 2. The zero-order chi connectivity index (χ0) is 26.1. The number of methoxy groups -OCH3 is 4. The Labute approximate surface area is 207 Å². The van der Waals surface area contributed by atoms with Crippen LogP contribution >= 0.6 is 0 Å². The zero-order valence-electron chi connectivity index (χ0n) is 20.6. The number of ether oxygens (including phenoxy) is 4. The maximum Gasteiger partial charge on any atom is 0.311 e. The number of rotatable bonds is 8. The van der Waals surface area contributed by atoms with Crippen LogP contribution in [0.3, 0.4) is 0 Å². The maximum absolute atomic E-state index is 12.7. The van der Waals surface area contributed by atoms with E-state index in [0.29, 0.717) is 51.2 Å². The summed E-state index contributed by atoms with van der Waals surface area (Å²) in [6.45, 7) is 3.13. The lowest BCUT2D eigenvalue weighted by atomic mass is 9.97. The quantitative estimate of drug-likeness (QED) is 0.433. The van der Waals surface area contributed by atoms with E-state index in [1.165, 1.54) is 47.5 Å². The average molecular weight is 495 g/mol. The molecule has 0 aromatic heterocycles. The van der Waals surface area contributed by atoms with Gasteiger partial charge in [-0.3, -0.25) is 20.3 Å². The molecule has 1 atom stereocenters. The molecule has 0 radical (unpaired) electrons. The zero-order valence-corrected chi connectivity index (χ0v) is 20.6. The van der Waals surface area contributed by atoms with Crippen molar-refractivity contribution < 1.29 is 28.7 Å². The van der Waals surface area contributed by atoms with Crippen molar-refractivity contribution in [2.45, 2.75) is 20.1 Å². The second kappa shape index (κ2) is 9.56. The number of amidine groups is 1. The number of benzene rings is 2. The van der Waals surface area contributed by atoms with E-state index in [2.05, 4.69) is 15.4 Å². The fourth-order valence-corrected chi connectivity index (χ4v) is 4.20. The van der Waals surface area contributed by atoms with E-state index in [-0.39, 0.29) is 17.2 Å². The fourth-order valence-electron chi connectivity index (χ4n) is 4.20. The van der Waals surface area contributed by atoms with E-state index in [4.69, 9.17) is 18.9 Å². The topological polar surface area (TPSA) is 137 Å². The van der Waals surface area contributed by atoms with Crippen molar-refractivity contribution in [1.82, 2.24) is 10.4 Å². The summed E-state index contributed by atoms with van der Waals surface area (Å²) in [6.07, 6.45) is -0.752. The summed E-state index contributed by atoms with van der Waals surface area (Å²) in [7, 11) is 5.89. The largest absolute Gasteiger partial charge is 0.493 e. The smallest absolute Gasteiger partial charge is 0.311 e. The lowest BCUT2D eigenvalue weighted by molar-refractivity contribution is -0.385. The van der Waals surface area contributed by atoms with Gasteiger partial charge >= 0.3 is 5.69 Å². The van der Waals surface area contributed by atoms with Crippen LogP contribution in [0.1, 0.15) is 25.0 Å². The molecule has 2 heterocycles. The van der Waals surface area contributed by atoms with Crippen molar-refractivity contribution in [2.75, 3.05) is 28.4 Å². The fraction of sp³-hybridized carbons (Fsp3) is 0.292. The minimum Gasteiger partial charge on any atom is -0.493 e. The SMILES string of the molecule is COc1ccc(C2=C(C(C)=O)C(C)=NC3N=C(c4cc(OC)c(OC)c(OC)c4)NN23)cc1[N+](=O)[O-]. The van der Waals surface area contributed by atoms with E-state index in [9.17, 15) is 14.9 Å². The Morgan fingerprint density at radius 2 is 1.61 bits per heavy atom. The number of nitro groups is 1. The van der Waals surface area contributed by atoms with Gasteiger partial charge in [-0.25, -0.2) is 15.0 Å². The number of hydrazine groups is 1. The summed E-state index contributed by atoms with van der Waals surface area (Å²) >= 11 is 0. The molecule has 2 aromatic carbocycles. The minimum atomic E-state index is -0.752. The van der Waals surface area contributed by atoms with Crippen molar-refractivity contribution in [3.8, 4) is 23.0 Å². The average Bonchev–Trinajstić information content (AvgIpc) is 3.29. The molecule has 36 heavy (non-hydrogen) atoms. The standard InChI is InChI=1S/C24H25N5O7/c1-12-20(13(2)30)21(14-7-8-17(33-3)16(9-14)29(31)32)28-24(25-12)26-23(27-28)15-10-18(34-4)22(36-6)19(11-15)35-5/h7-11,24H,1-6H3,(H,26,27). The predicted octanol–water partition coefficient (Wildman–Crippen LogP) is 2.95. The highest BCUT2D eigenvalue weighted by Gasteiger charge is 2.37. The molecule has 0 saturated carbocycles. The highest BCUT2D eigenvalue weighted by Crippen LogP contribution is 2.40.